The molecule has 1 saturated heterocycles. The van der Waals surface area contributed by atoms with Crippen molar-refractivity contribution in [3.63, 3.8) is 0 Å². The molecule has 0 spiro atoms. The van der Waals surface area contributed by atoms with E-state index in [0.717, 1.165) is 6.42 Å². The minimum absolute atomic E-state index is 0.0455. The molecule has 5 unspecified atom stereocenters. The fraction of sp³-hybridized carbons (Fsp3) is 0.818. The first kappa shape index (κ1) is 27.8. The van der Waals surface area contributed by atoms with Crippen molar-refractivity contribution in [2.75, 3.05) is 13.1 Å². The summed E-state index contributed by atoms with van der Waals surface area (Å²) in [5.74, 6) is -2.66. The number of nitrogens with one attached hydrogen (secondary N) is 2. The summed E-state index contributed by atoms with van der Waals surface area (Å²) in [6.07, 6.45) is 3.40. The number of carbonyl (C=O) groups is 4. The maximum atomic E-state index is 13.1. The van der Waals surface area contributed by atoms with E-state index in [2.05, 4.69) is 10.6 Å². The molecule has 0 aromatic heterocycles. The number of hydrogen-bond donors (Lipinski definition) is 5. The average molecular weight is 456 g/mol. The van der Waals surface area contributed by atoms with Crippen molar-refractivity contribution in [2.24, 2.45) is 23.3 Å². The van der Waals surface area contributed by atoms with Crippen molar-refractivity contribution in [3.05, 3.63) is 0 Å². The number of carboxylic acid groups (broad SMARTS) is 1. The molecule has 0 aromatic carbocycles. The first-order valence-electron chi connectivity index (χ1n) is 11.6. The average Bonchev–Trinajstić information content (AvgIpc) is 3.25. The summed E-state index contributed by atoms with van der Waals surface area (Å²) in [4.78, 5) is 51.6. The third-order valence-corrected chi connectivity index (χ3v) is 6.19. The van der Waals surface area contributed by atoms with Crippen molar-refractivity contribution in [2.45, 2.75) is 90.4 Å². The van der Waals surface area contributed by atoms with Crippen LogP contribution in [-0.4, -0.2) is 71.0 Å². The van der Waals surface area contributed by atoms with E-state index >= 15 is 0 Å². The van der Waals surface area contributed by atoms with E-state index in [0.29, 0.717) is 45.2 Å². The highest BCUT2D eigenvalue weighted by Gasteiger charge is 2.39. The zero-order valence-corrected chi connectivity index (χ0v) is 19.8. The monoisotopic (exact) mass is 455 g/mol. The van der Waals surface area contributed by atoms with Gasteiger partial charge in [0.05, 0.1) is 6.04 Å². The van der Waals surface area contributed by atoms with Gasteiger partial charge in [-0.15, -0.1) is 0 Å². The third kappa shape index (κ3) is 7.74. The standard InChI is InChI=1S/C22H41N5O5/c1-5-14(4)17(24)20(29)25-15(9-6-7-11-23)19(28)26-18(13(2)3)21(30)27-12-8-10-16(27)22(31)32/h13-18H,5-12,23-24H2,1-4H3,(H,25,29)(H,26,28)(H,31,32). The lowest BCUT2D eigenvalue weighted by molar-refractivity contribution is -0.150. The molecular weight excluding hydrogens is 414 g/mol. The van der Waals surface area contributed by atoms with Crippen LogP contribution in [0.25, 0.3) is 0 Å². The first-order chi connectivity index (χ1) is 15.0. The van der Waals surface area contributed by atoms with Crippen molar-refractivity contribution >= 4 is 23.7 Å². The largest absolute Gasteiger partial charge is 0.480 e. The highest BCUT2D eigenvalue weighted by atomic mass is 16.4. The summed E-state index contributed by atoms with van der Waals surface area (Å²) in [7, 11) is 0. The zero-order valence-electron chi connectivity index (χ0n) is 19.8. The van der Waals surface area contributed by atoms with E-state index in [4.69, 9.17) is 11.5 Å². The molecule has 10 heteroatoms. The summed E-state index contributed by atoms with van der Waals surface area (Å²) >= 11 is 0. The second-order valence-electron chi connectivity index (χ2n) is 9.02. The fourth-order valence-electron chi connectivity index (χ4n) is 3.78. The third-order valence-electron chi connectivity index (χ3n) is 6.19. The van der Waals surface area contributed by atoms with Gasteiger partial charge in [-0.1, -0.05) is 34.1 Å². The predicted octanol–water partition coefficient (Wildman–Crippen LogP) is 0.190. The summed E-state index contributed by atoms with van der Waals surface area (Å²) in [6.45, 7) is 8.19. The van der Waals surface area contributed by atoms with Gasteiger partial charge in [-0.25, -0.2) is 4.79 Å². The minimum atomic E-state index is -1.05. The SMILES string of the molecule is CCC(C)C(N)C(=O)NC(CCCCN)C(=O)NC(C(=O)N1CCCC1C(=O)O)C(C)C. The molecule has 1 fully saturated rings. The fourth-order valence-corrected chi connectivity index (χ4v) is 3.78. The van der Waals surface area contributed by atoms with Crippen LogP contribution in [0.2, 0.25) is 0 Å². The maximum Gasteiger partial charge on any atom is 0.326 e. The van der Waals surface area contributed by atoms with E-state index in [-0.39, 0.29) is 11.8 Å². The Morgan fingerprint density at radius 2 is 1.75 bits per heavy atom. The van der Waals surface area contributed by atoms with Gasteiger partial charge in [0.1, 0.15) is 18.1 Å². The molecule has 184 valence electrons. The Labute approximate surface area is 190 Å². The molecule has 0 aromatic rings. The van der Waals surface area contributed by atoms with Gasteiger partial charge in [-0.2, -0.15) is 0 Å². The van der Waals surface area contributed by atoms with Crippen molar-refractivity contribution in [1.82, 2.24) is 15.5 Å². The Balaban J connectivity index is 2.96. The molecule has 1 aliphatic heterocycles. The van der Waals surface area contributed by atoms with E-state index in [1.54, 1.807) is 13.8 Å². The molecule has 1 heterocycles. The van der Waals surface area contributed by atoms with Crippen LogP contribution in [0.5, 0.6) is 0 Å². The van der Waals surface area contributed by atoms with Gasteiger partial charge >= 0.3 is 5.97 Å². The van der Waals surface area contributed by atoms with Crippen molar-refractivity contribution in [1.29, 1.82) is 0 Å². The predicted molar refractivity (Wildman–Crippen MR) is 121 cm³/mol. The normalized spacial score (nSPS) is 19.8. The number of hydrogen-bond acceptors (Lipinski definition) is 6. The maximum absolute atomic E-state index is 13.1. The second kappa shape index (κ2) is 13.4. The van der Waals surface area contributed by atoms with Gasteiger partial charge in [0.25, 0.3) is 0 Å². The van der Waals surface area contributed by atoms with Crippen molar-refractivity contribution in [3.8, 4) is 0 Å². The summed E-state index contributed by atoms with van der Waals surface area (Å²) < 4.78 is 0. The Morgan fingerprint density at radius 1 is 1.09 bits per heavy atom. The second-order valence-corrected chi connectivity index (χ2v) is 9.02. The van der Waals surface area contributed by atoms with E-state index in [9.17, 15) is 24.3 Å². The number of carbonyl (C=O) groups excluding carboxylic acids is 3. The first-order valence-corrected chi connectivity index (χ1v) is 11.6. The smallest absolute Gasteiger partial charge is 0.326 e. The zero-order chi connectivity index (χ0) is 24.4. The molecule has 1 aliphatic rings. The van der Waals surface area contributed by atoms with E-state index in [1.807, 2.05) is 13.8 Å². The van der Waals surface area contributed by atoms with Gasteiger partial charge in [0, 0.05) is 6.54 Å². The number of likely N-dealkylation sites (tertiary alicyclic amines) is 1. The van der Waals surface area contributed by atoms with Crippen LogP contribution in [0.4, 0.5) is 0 Å². The number of carboxylic acids is 1. The Morgan fingerprint density at radius 3 is 2.28 bits per heavy atom. The molecule has 0 saturated carbocycles. The highest BCUT2D eigenvalue weighted by molar-refractivity contribution is 5.94. The quantitative estimate of drug-likeness (QED) is 0.247. The van der Waals surface area contributed by atoms with Gasteiger partial charge in [0.15, 0.2) is 0 Å². The molecule has 10 nitrogen and oxygen atoms in total. The molecule has 1 rings (SSSR count). The number of nitrogens with two attached hydrogens (primary N) is 2. The highest BCUT2D eigenvalue weighted by Crippen LogP contribution is 2.20. The molecule has 32 heavy (non-hydrogen) atoms. The van der Waals surface area contributed by atoms with Crippen molar-refractivity contribution < 1.29 is 24.3 Å². The number of unbranched alkanes of at least 4 members (excludes halogenated alkanes) is 1. The molecule has 0 aliphatic carbocycles. The molecular formula is C22H41N5O5. The Bertz CT molecular complexity index is 657. The van der Waals surface area contributed by atoms with Crippen LogP contribution < -0.4 is 22.1 Å². The van der Waals surface area contributed by atoms with Crippen LogP contribution in [0.15, 0.2) is 0 Å². The van der Waals surface area contributed by atoms with E-state index in [1.165, 1.54) is 4.90 Å². The van der Waals surface area contributed by atoms with Crippen LogP contribution in [-0.2, 0) is 19.2 Å². The lowest BCUT2D eigenvalue weighted by Crippen LogP contribution is -2.58. The number of aliphatic carboxylic acids is 1. The topological polar surface area (TPSA) is 168 Å². The molecule has 7 N–H and O–H groups in total. The van der Waals surface area contributed by atoms with Gasteiger partial charge in [-0.3, -0.25) is 14.4 Å². The van der Waals surface area contributed by atoms with E-state index < -0.39 is 47.9 Å². The summed E-state index contributed by atoms with van der Waals surface area (Å²) in [5, 5.41) is 14.9. The summed E-state index contributed by atoms with van der Waals surface area (Å²) in [5.41, 5.74) is 11.6. The molecule has 3 amide bonds. The molecule has 0 radical (unpaired) electrons. The minimum Gasteiger partial charge on any atom is -0.480 e. The molecule has 0 bridgehead atoms. The molecule has 5 atom stereocenters. The lowest BCUT2D eigenvalue weighted by Gasteiger charge is -2.31. The van der Waals surface area contributed by atoms with Crippen LogP contribution in [0, 0.1) is 11.8 Å². The van der Waals surface area contributed by atoms with Crippen LogP contribution in [0.3, 0.4) is 0 Å². The van der Waals surface area contributed by atoms with Gasteiger partial charge < -0.3 is 32.1 Å². The Hall–Kier alpha value is -2.20. The number of amides is 3. The summed E-state index contributed by atoms with van der Waals surface area (Å²) in [6, 6.07) is -3.37. The Kier molecular flexibility index (Phi) is 11.6. The lowest BCUT2D eigenvalue weighted by atomic mass is 9.98. The number of rotatable bonds is 13. The van der Waals surface area contributed by atoms with Crippen LogP contribution in [0.1, 0.15) is 66.2 Å². The van der Waals surface area contributed by atoms with Gasteiger partial charge in [0.2, 0.25) is 17.7 Å². The van der Waals surface area contributed by atoms with Crippen LogP contribution >= 0.6 is 0 Å². The van der Waals surface area contributed by atoms with Gasteiger partial charge in [-0.05, 0) is 50.5 Å². The number of nitrogens with zero attached hydrogens (tertiary/aromatic N) is 1.